The summed E-state index contributed by atoms with van der Waals surface area (Å²) in [5.74, 6) is -1.03. The van der Waals surface area contributed by atoms with Crippen LogP contribution in [0.5, 0.6) is 0 Å². The highest BCUT2D eigenvalue weighted by molar-refractivity contribution is 5.74. The summed E-state index contributed by atoms with van der Waals surface area (Å²) < 4.78 is 4.78. The van der Waals surface area contributed by atoms with Crippen LogP contribution in [0, 0.1) is 0 Å². The van der Waals surface area contributed by atoms with E-state index in [-0.39, 0.29) is 31.8 Å². The van der Waals surface area contributed by atoms with E-state index in [4.69, 9.17) is 9.84 Å². The Balaban J connectivity index is 2.19. The standard InChI is InChI=1S/C12H17N3O4/c1-9(10-3-2-4-13-7-10)15-12(18)14-5-6-19-8-11(16)17/h2-4,7,9H,5-6,8H2,1H3,(H,16,17)(H2,14,15,18). The van der Waals surface area contributed by atoms with E-state index in [1.807, 2.05) is 13.0 Å². The summed E-state index contributed by atoms with van der Waals surface area (Å²) in [6.07, 6.45) is 3.34. The number of pyridine rings is 1. The van der Waals surface area contributed by atoms with Crippen molar-refractivity contribution in [3.63, 3.8) is 0 Å². The fourth-order valence-electron chi connectivity index (χ4n) is 1.36. The molecule has 0 aliphatic heterocycles. The number of nitrogens with zero attached hydrogens (tertiary/aromatic N) is 1. The van der Waals surface area contributed by atoms with Gasteiger partial charge in [0.2, 0.25) is 0 Å². The molecule has 0 spiro atoms. The molecule has 0 radical (unpaired) electrons. The van der Waals surface area contributed by atoms with E-state index in [1.165, 1.54) is 0 Å². The van der Waals surface area contributed by atoms with E-state index >= 15 is 0 Å². The predicted molar refractivity (Wildman–Crippen MR) is 67.6 cm³/mol. The van der Waals surface area contributed by atoms with Crippen molar-refractivity contribution >= 4 is 12.0 Å². The van der Waals surface area contributed by atoms with Gasteiger partial charge in [0.1, 0.15) is 6.61 Å². The van der Waals surface area contributed by atoms with E-state index in [2.05, 4.69) is 15.6 Å². The minimum absolute atomic E-state index is 0.154. The Kier molecular flexibility index (Phi) is 6.31. The van der Waals surface area contributed by atoms with Crippen molar-refractivity contribution in [1.29, 1.82) is 0 Å². The molecule has 1 atom stereocenters. The van der Waals surface area contributed by atoms with E-state index < -0.39 is 5.97 Å². The zero-order chi connectivity index (χ0) is 14.1. The van der Waals surface area contributed by atoms with Crippen LogP contribution >= 0.6 is 0 Å². The van der Waals surface area contributed by atoms with Gasteiger partial charge in [0.25, 0.3) is 0 Å². The molecule has 19 heavy (non-hydrogen) atoms. The molecule has 3 N–H and O–H groups in total. The number of aromatic nitrogens is 1. The highest BCUT2D eigenvalue weighted by Gasteiger charge is 2.08. The molecule has 0 saturated heterocycles. The number of amides is 2. The zero-order valence-corrected chi connectivity index (χ0v) is 10.6. The predicted octanol–water partition coefficient (Wildman–Crippen LogP) is 0.543. The number of carboxylic acids is 1. The summed E-state index contributed by atoms with van der Waals surface area (Å²) in [5, 5.41) is 13.6. The number of urea groups is 1. The average molecular weight is 267 g/mol. The largest absolute Gasteiger partial charge is 0.480 e. The lowest BCUT2D eigenvalue weighted by molar-refractivity contribution is -0.142. The van der Waals surface area contributed by atoms with Crippen LogP contribution in [0.4, 0.5) is 4.79 Å². The highest BCUT2D eigenvalue weighted by Crippen LogP contribution is 2.08. The molecule has 7 nitrogen and oxygen atoms in total. The molecule has 1 rings (SSSR count). The Morgan fingerprint density at radius 1 is 1.53 bits per heavy atom. The summed E-state index contributed by atoms with van der Waals surface area (Å²) in [7, 11) is 0. The van der Waals surface area contributed by atoms with Crippen LogP contribution in [0.2, 0.25) is 0 Å². The molecule has 0 aromatic carbocycles. The lowest BCUT2D eigenvalue weighted by Crippen LogP contribution is -2.38. The van der Waals surface area contributed by atoms with Crippen molar-refractivity contribution in [3.05, 3.63) is 30.1 Å². The van der Waals surface area contributed by atoms with E-state index in [0.29, 0.717) is 0 Å². The maximum atomic E-state index is 11.5. The van der Waals surface area contributed by atoms with E-state index in [9.17, 15) is 9.59 Å². The number of carboxylic acid groups (broad SMARTS) is 1. The second kappa shape index (κ2) is 8.04. The van der Waals surface area contributed by atoms with Gasteiger partial charge in [-0.15, -0.1) is 0 Å². The van der Waals surface area contributed by atoms with Crippen molar-refractivity contribution in [1.82, 2.24) is 15.6 Å². The topological polar surface area (TPSA) is 101 Å². The molecule has 1 heterocycles. The van der Waals surface area contributed by atoms with Crippen LogP contribution in [-0.2, 0) is 9.53 Å². The lowest BCUT2D eigenvalue weighted by atomic mass is 10.1. The number of hydrogen-bond donors (Lipinski definition) is 3. The van der Waals surface area contributed by atoms with Gasteiger partial charge in [0, 0.05) is 18.9 Å². The molecule has 0 aliphatic carbocycles. The maximum Gasteiger partial charge on any atom is 0.329 e. The molecule has 0 fully saturated rings. The molecule has 104 valence electrons. The third kappa shape index (κ3) is 6.37. The fourth-order valence-corrected chi connectivity index (χ4v) is 1.36. The second-order valence-corrected chi connectivity index (χ2v) is 3.85. The van der Waals surface area contributed by atoms with Gasteiger partial charge in [0.05, 0.1) is 12.6 Å². The first-order valence-electron chi connectivity index (χ1n) is 5.83. The first-order chi connectivity index (χ1) is 9.09. The number of carbonyl (C=O) groups excluding carboxylic acids is 1. The van der Waals surface area contributed by atoms with Crippen LogP contribution in [0.1, 0.15) is 18.5 Å². The molecule has 1 aromatic rings. The highest BCUT2D eigenvalue weighted by atomic mass is 16.5. The van der Waals surface area contributed by atoms with Crippen LogP contribution in [0.15, 0.2) is 24.5 Å². The summed E-state index contributed by atoms with van der Waals surface area (Å²) in [5.41, 5.74) is 0.903. The number of aliphatic carboxylic acids is 1. The second-order valence-electron chi connectivity index (χ2n) is 3.85. The fraction of sp³-hybridized carbons (Fsp3) is 0.417. The first-order valence-corrected chi connectivity index (χ1v) is 5.83. The minimum Gasteiger partial charge on any atom is -0.480 e. The van der Waals surface area contributed by atoms with E-state index in [1.54, 1.807) is 18.5 Å². The first kappa shape index (κ1) is 14.9. The van der Waals surface area contributed by atoms with Crippen molar-refractivity contribution in [3.8, 4) is 0 Å². The SMILES string of the molecule is CC(NC(=O)NCCOCC(=O)O)c1cccnc1. The van der Waals surface area contributed by atoms with Crippen molar-refractivity contribution in [2.75, 3.05) is 19.8 Å². The Hall–Kier alpha value is -2.15. The minimum atomic E-state index is -1.03. The molecule has 0 saturated carbocycles. The average Bonchev–Trinajstić information content (AvgIpc) is 2.39. The number of ether oxygens (including phenoxy) is 1. The Morgan fingerprint density at radius 2 is 2.32 bits per heavy atom. The summed E-state index contributed by atoms with van der Waals surface area (Å²) in [4.78, 5) is 25.6. The molecular formula is C12H17N3O4. The van der Waals surface area contributed by atoms with Gasteiger partial charge in [-0.05, 0) is 18.6 Å². The van der Waals surface area contributed by atoms with Gasteiger partial charge in [-0.1, -0.05) is 6.07 Å². The molecule has 1 aromatic heterocycles. The molecule has 1 unspecified atom stereocenters. The van der Waals surface area contributed by atoms with Gasteiger partial charge < -0.3 is 20.5 Å². The normalized spacial score (nSPS) is 11.6. The van der Waals surface area contributed by atoms with Crippen molar-refractivity contribution in [2.24, 2.45) is 0 Å². The van der Waals surface area contributed by atoms with Crippen LogP contribution in [0.25, 0.3) is 0 Å². The molecule has 0 aliphatic rings. The summed E-state index contributed by atoms with van der Waals surface area (Å²) in [6.45, 7) is 1.88. The van der Waals surface area contributed by atoms with Gasteiger partial charge in [-0.3, -0.25) is 4.98 Å². The van der Waals surface area contributed by atoms with E-state index in [0.717, 1.165) is 5.56 Å². The monoisotopic (exact) mass is 267 g/mol. The number of hydrogen-bond acceptors (Lipinski definition) is 4. The lowest BCUT2D eigenvalue weighted by Gasteiger charge is -2.14. The van der Waals surface area contributed by atoms with Gasteiger partial charge in [0.15, 0.2) is 0 Å². The zero-order valence-electron chi connectivity index (χ0n) is 10.6. The molecular weight excluding hydrogens is 250 g/mol. The third-order valence-electron chi connectivity index (χ3n) is 2.29. The van der Waals surface area contributed by atoms with Crippen LogP contribution in [-0.4, -0.2) is 41.8 Å². The number of nitrogens with one attached hydrogen (secondary N) is 2. The van der Waals surface area contributed by atoms with Crippen molar-refractivity contribution < 1.29 is 19.4 Å². The smallest absolute Gasteiger partial charge is 0.329 e. The molecule has 7 heteroatoms. The number of carbonyl (C=O) groups is 2. The quantitative estimate of drug-likeness (QED) is 0.626. The summed E-state index contributed by atoms with van der Waals surface area (Å²) in [6, 6.07) is 3.17. The molecule has 2 amide bonds. The number of rotatable bonds is 7. The van der Waals surface area contributed by atoms with Crippen LogP contribution in [0.3, 0.4) is 0 Å². The Labute approximate surface area is 111 Å². The van der Waals surface area contributed by atoms with Gasteiger partial charge >= 0.3 is 12.0 Å². The van der Waals surface area contributed by atoms with Gasteiger partial charge in [-0.2, -0.15) is 0 Å². The van der Waals surface area contributed by atoms with Crippen molar-refractivity contribution in [2.45, 2.75) is 13.0 Å². The Bertz CT molecular complexity index is 411. The third-order valence-corrected chi connectivity index (χ3v) is 2.29. The summed E-state index contributed by atoms with van der Waals surface area (Å²) >= 11 is 0. The Morgan fingerprint density at radius 3 is 2.95 bits per heavy atom. The van der Waals surface area contributed by atoms with Crippen LogP contribution < -0.4 is 10.6 Å². The molecule has 0 bridgehead atoms. The van der Waals surface area contributed by atoms with Gasteiger partial charge in [-0.25, -0.2) is 9.59 Å². The maximum absolute atomic E-state index is 11.5.